The van der Waals surface area contributed by atoms with Crippen LogP contribution in [0.4, 0.5) is 5.69 Å². The highest BCUT2D eigenvalue weighted by atomic mass is 16.5. The van der Waals surface area contributed by atoms with Crippen LogP contribution in [-0.2, 0) is 16.1 Å². The van der Waals surface area contributed by atoms with Crippen molar-refractivity contribution in [2.45, 2.75) is 6.54 Å². The van der Waals surface area contributed by atoms with Gasteiger partial charge < -0.3 is 14.8 Å². The minimum absolute atomic E-state index is 0.0296. The van der Waals surface area contributed by atoms with Gasteiger partial charge in [-0.15, -0.1) is 0 Å². The molecule has 5 rings (SSSR count). The summed E-state index contributed by atoms with van der Waals surface area (Å²) in [6, 6.07) is 24.5. The van der Waals surface area contributed by atoms with E-state index in [-0.39, 0.29) is 17.9 Å². The number of nitrogens with one attached hydrogen (secondary N) is 1. The molecule has 8 heteroatoms. The summed E-state index contributed by atoms with van der Waals surface area (Å²) in [5.74, 6) is -1.82. The van der Waals surface area contributed by atoms with Gasteiger partial charge in [0.25, 0.3) is 17.7 Å². The topological polar surface area (TPSA) is 102 Å². The van der Waals surface area contributed by atoms with Crippen LogP contribution in [0.1, 0.15) is 36.6 Å². The van der Waals surface area contributed by atoms with Gasteiger partial charge in [0.15, 0.2) is 6.61 Å². The lowest BCUT2D eigenvalue weighted by atomic mass is 10.1. The molecular formula is C29H22N2O6. The maximum absolute atomic E-state index is 12.9. The molecule has 1 N–H and O–H groups in total. The van der Waals surface area contributed by atoms with Crippen molar-refractivity contribution in [1.29, 1.82) is 0 Å². The zero-order chi connectivity index (χ0) is 25.9. The number of carbonyl (C=O) groups is 4. The molecule has 0 saturated carbocycles. The van der Waals surface area contributed by atoms with Crippen LogP contribution in [-0.4, -0.2) is 42.3 Å². The zero-order valence-electron chi connectivity index (χ0n) is 19.9. The van der Waals surface area contributed by atoms with Gasteiger partial charge in [0.1, 0.15) is 11.3 Å². The Morgan fingerprint density at radius 3 is 2.24 bits per heavy atom. The Bertz CT molecular complexity index is 1520. The molecule has 0 fully saturated rings. The van der Waals surface area contributed by atoms with Gasteiger partial charge >= 0.3 is 5.97 Å². The van der Waals surface area contributed by atoms with Gasteiger partial charge in [-0.1, -0.05) is 54.6 Å². The number of benzene rings is 4. The van der Waals surface area contributed by atoms with Gasteiger partial charge in [0.05, 0.1) is 24.8 Å². The molecule has 4 aromatic rings. The molecule has 0 spiro atoms. The summed E-state index contributed by atoms with van der Waals surface area (Å²) in [5.41, 5.74) is 1.91. The third kappa shape index (κ3) is 4.64. The molecule has 0 bridgehead atoms. The first-order chi connectivity index (χ1) is 18.0. The fourth-order valence-corrected chi connectivity index (χ4v) is 4.31. The molecule has 1 aliphatic heterocycles. The summed E-state index contributed by atoms with van der Waals surface area (Å²) in [6.45, 7) is -0.536. The van der Waals surface area contributed by atoms with Crippen LogP contribution >= 0.6 is 0 Å². The van der Waals surface area contributed by atoms with E-state index in [0.717, 1.165) is 15.7 Å². The summed E-state index contributed by atoms with van der Waals surface area (Å²) in [6.07, 6.45) is 0. The second kappa shape index (κ2) is 9.94. The zero-order valence-corrected chi connectivity index (χ0v) is 19.9. The molecule has 184 valence electrons. The van der Waals surface area contributed by atoms with Crippen molar-refractivity contribution in [2.24, 2.45) is 0 Å². The van der Waals surface area contributed by atoms with E-state index in [0.29, 0.717) is 22.4 Å². The number of carbonyl (C=O) groups excluding carboxylic acids is 4. The maximum atomic E-state index is 12.9. The van der Waals surface area contributed by atoms with E-state index in [1.54, 1.807) is 42.5 Å². The SMILES string of the molecule is COc1ccc(CN2C(=O)c3ccccc3C2=O)cc1C(=O)OCC(=O)Nc1cccc2ccccc12. The molecule has 0 saturated heterocycles. The number of rotatable bonds is 7. The van der Waals surface area contributed by atoms with E-state index in [9.17, 15) is 19.2 Å². The lowest BCUT2D eigenvalue weighted by Crippen LogP contribution is -2.29. The highest BCUT2D eigenvalue weighted by Gasteiger charge is 2.35. The Hall–Kier alpha value is -4.98. The molecule has 0 radical (unpaired) electrons. The standard InChI is InChI=1S/C29H22N2O6/c1-36-25-14-13-18(16-31-27(33)21-10-4-5-11-22(21)28(31)34)15-23(25)29(35)37-17-26(32)30-24-12-6-8-19-7-2-3-9-20(19)24/h2-15H,16-17H2,1H3,(H,30,32). The minimum atomic E-state index is -0.769. The summed E-state index contributed by atoms with van der Waals surface area (Å²) in [5, 5.41) is 4.61. The van der Waals surface area contributed by atoms with E-state index in [1.807, 2.05) is 36.4 Å². The van der Waals surface area contributed by atoms with Crippen LogP contribution in [0.2, 0.25) is 0 Å². The van der Waals surface area contributed by atoms with Crippen molar-refractivity contribution in [3.63, 3.8) is 0 Å². The summed E-state index contributed by atoms with van der Waals surface area (Å²) in [4.78, 5) is 51.9. The number of hydrogen-bond acceptors (Lipinski definition) is 6. The second-order valence-corrected chi connectivity index (χ2v) is 8.43. The lowest BCUT2D eigenvalue weighted by Gasteiger charge is -2.16. The van der Waals surface area contributed by atoms with E-state index >= 15 is 0 Å². The average molecular weight is 495 g/mol. The van der Waals surface area contributed by atoms with Crippen LogP contribution < -0.4 is 10.1 Å². The molecule has 0 unspecified atom stereocenters. The summed E-state index contributed by atoms with van der Waals surface area (Å²) >= 11 is 0. The molecule has 0 aliphatic carbocycles. The largest absolute Gasteiger partial charge is 0.496 e. The van der Waals surface area contributed by atoms with E-state index in [2.05, 4.69) is 5.32 Å². The fraction of sp³-hybridized carbons (Fsp3) is 0.103. The van der Waals surface area contributed by atoms with Crippen molar-refractivity contribution >= 4 is 40.2 Å². The number of fused-ring (bicyclic) bond motifs is 2. The number of amides is 3. The van der Waals surface area contributed by atoms with E-state index in [4.69, 9.17) is 9.47 Å². The highest BCUT2D eigenvalue weighted by Crippen LogP contribution is 2.27. The van der Waals surface area contributed by atoms with E-state index < -0.39 is 30.3 Å². The van der Waals surface area contributed by atoms with Crippen LogP contribution in [0, 0.1) is 0 Å². The Labute approximate surface area is 212 Å². The molecule has 1 heterocycles. The maximum Gasteiger partial charge on any atom is 0.342 e. The van der Waals surface area contributed by atoms with Crippen LogP contribution in [0.15, 0.2) is 84.9 Å². The van der Waals surface area contributed by atoms with Gasteiger partial charge in [0, 0.05) is 11.1 Å². The summed E-state index contributed by atoms with van der Waals surface area (Å²) < 4.78 is 10.5. The van der Waals surface area contributed by atoms with Gasteiger partial charge in [-0.25, -0.2) is 4.79 Å². The Morgan fingerprint density at radius 2 is 1.51 bits per heavy atom. The number of hydrogen-bond donors (Lipinski definition) is 1. The van der Waals surface area contributed by atoms with Gasteiger partial charge in [-0.3, -0.25) is 19.3 Å². The predicted octanol–water partition coefficient (Wildman–Crippen LogP) is 4.44. The first kappa shape index (κ1) is 23.7. The first-order valence-electron chi connectivity index (χ1n) is 11.5. The number of ether oxygens (including phenoxy) is 2. The number of nitrogens with zero attached hydrogens (tertiary/aromatic N) is 1. The van der Waals surface area contributed by atoms with Gasteiger partial charge in [-0.2, -0.15) is 0 Å². The third-order valence-electron chi connectivity index (χ3n) is 6.10. The number of esters is 1. The van der Waals surface area contributed by atoms with Crippen molar-refractivity contribution in [3.8, 4) is 5.75 Å². The van der Waals surface area contributed by atoms with Crippen molar-refractivity contribution < 1.29 is 28.7 Å². The smallest absolute Gasteiger partial charge is 0.342 e. The van der Waals surface area contributed by atoms with Crippen molar-refractivity contribution in [2.75, 3.05) is 19.0 Å². The number of imide groups is 1. The molecule has 8 nitrogen and oxygen atoms in total. The quantitative estimate of drug-likeness (QED) is 0.301. The second-order valence-electron chi connectivity index (χ2n) is 8.43. The van der Waals surface area contributed by atoms with Crippen LogP contribution in [0.25, 0.3) is 10.8 Å². The third-order valence-corrected chi connectivity index (χ3v) is 6.10. The number of methoxy groups -OCH3 is 1. The Balaban J connectivity index is 1.28. The van der Waals surface area contributed by atoms with E-state index in [1.165, 1.54) is 13.2 Å². The molecule has 0 aromatic heterocycles. The molecule has 1 aliphatic rings. The molecule has 37 heavy (non-hydrogen) atoms. The average Bonchev–Trinajstić information content (AvgIpc) is 3.17. The monoisotopic (exact) mass is 494 g/mol. The van der Waals surface area contributed by atoms with Gasteiger partial charge in [-0.05, 0) is 41.3 Å². The Kier molecular flexibility index (Phi) is 6.38. The first-order valence-corrected chi connectivity index (χ1v) is 11.5. The molecule has 4 aromatic carbocycles. The molecule has 0 atom stereocenters. The molecular weight excluding hydrogens is 472 g/mol. The van der Waals surface area contributed by atoms with Crippen molar-refractivity contribution in [3.05, 3.63) is 107 Å². The Morgan fingerprint density at radius 1 is 0.838 bits per heavy atom. The number of anilines is 1. The van der Waals surface area contributed by atoms with Crippen LogP contribution in [0.3, 0.4) is 0 Å². The fourth-order valence-electron chi connectivity index (χ4n) is 4.31. The van der Waals surface area contributed by atoms with Gasteiger partial charge in [0.2, 0.25) is 0 Å². The highest BCUT2D eigenvalue weighted by molar-refractivity contribution is 6.21. The minimum Gasteiger partial charge on any atom is -0.496 e. The van der Waals surface area contributed by atoms with Crippen molar-refractivity contribution in [1.82, 2.24) is 4.90 Å². The van der Waals surface area contributed by atoms with Crippen LogP contribution in [0.5, 0.6) is 5.75 Å². The lowest BCUT2D eigenvalue weighted by molar-refractivity contribution is -0.119. The summed E-state index contributed by atoms with van der Waals surface area (Å²) in [7, 11) is 1.41. The molecule has 3 amide bonds. The predicted molar refractivity (Wildman–Crippen MR) is 137 cm³/mol. The normalized spacial score (nSPS) is 12.4.